The Morgan fingerprint density at radius 3 is 2.60 bits per heavy atom. The van der Waals surface area contributed by atoms with Gasteiger partial charge in [0.15, 0.2) is 0 Å². The van der Waals surface area contributed by atoms with E-state index in [1.165, 1.54) is 18.4 Å². The number of benzene rings is 1. The van der Waals surface area contributed by atoms with E-state index in [1.807, 2.05) is 18.2 Å². The number of hydrogen-bond donors (Lipinski definition) is 0. The van der Waals surface area contributed by atoms with Crippen molar-refractivity contribution in [2.75, 3.05) is 13.7 Å². The number of hydrogen-bond acceptors (Lipinski definition) is 2. The van der Waals surface area contributed by atoms with Crippen LogP contribution in [0.2, 0.25) is 0 Å². The average Bonchev–Trinajstić information content (AvgIpc) is 3.09. The highest BCUT2D eigenvalue weighted by Crippen LogP contribution is 2.34. The summed E-state index contributed by atoms with van der Waals surface area (Å²) in [6.07, 6.45) is 2.88. The molecule has 0 aliphatic heterocycles. The predicted octanol–water partition coefficient (Wildman–Crippen LogP) is 2.63. The van der Waals surface area contributed by atoms with Crippen molar-refractivity contribution < 1.29 is 9.47 Å². The van der Waals surface area contributed by atoms with Crippen LogP contribution in [0.5, 0.6) is 0 Å². The van der Waals surface area contributed by atoms with Gasteiger partial charge >= 0.3 is 0 Å². The highest BCUT2D eigenvalue weighted by molar-refractivity contribution is 5.13. The van der Waals surface area contributed by atoms with Crippen molar-refractivity contribution in [3.8, 4) is 0 Å². The van der Waals surface area contributed by atoms with Crippen molar-refractivity contribution in [1.29, 1.82) is 0 Å². The molecule has 1 aromatic carbocycles. The summed E-state index contributed by atoms with van der Waals surface area (Å²) in [7, 11) is 1.74. The van der Waals surface area contributed by atoms with Crippen LogP contribution in [-0.2, 0) is 16.1 Å². The van der Waals surface area contributed by atoms with Gasteiger partial charge < -0.3 is 9.47 Å². The first-order valence-corrected chi connectivity index (χ1v) is 5.54. The van der Waals surface area contributed by atoms with Crippen molar-refractivity contribution >= 4 is 0 Å². The zero-order valence-corrected chi connectivity index (χ0v) is 9.19. The van der Waals surface area contributed by atoms with Crippen LogP contribution in [0.15, 0.2) is 30.3 Å². The standard InChI is InChI=1S/C13H18O2/c1-14-10-13(12-7-8-12)15-9-11-5-3-2-4-6-11/h2-6,12-13H,7-10H2,1H3. The molecule has 1 fully saturated rings. The van der Waals surface area contributed by atoms with Crippen LogP contribution in [0.25, 0.3) is 0 Å². The SMILES string of the molecule is COCC(OCc1ccccc1)C1CC1. The third-order valence-electron chi connectivity index (χ3n) is 2.79. The largest absolute Gasteiger partial charge is 0.382 e. The molecule has 0 N–H and O–H groups in total. The van der Waals surface area contributed by atoms with Crippen LogP contribution in [0.4, 0.5) is 0 Å². The summed E-state index contributed by atoms with van der Waals surface area (Å²) < 4.78 is 11.0. The molecule has 0 radical (unpaired) electrons. The van der Waals surface area contributed by atoms with Gasteiger partial charge in [-0.2, -0.15) is 0 Å². The van der Waals surface area contributed by atoms with Gasteiger partial charge in [0.25, 0.3) is 0 Å². The van der Waals surface area contributed by atoms with Gasteiger partial charge in [-0.05, 0) is 24.3 Å². The van der Waals surface area contributed by atoms with E-state index in [-0.39, 0.29) is 6.10 Å². The summed E-state index contributed by atoms with van der Waals surface area (Å²) in [6.45, 7) is 1.42. The predicted molar refractivity (Wildman–Crippen MR) is 59.6 cm³/mol. The molecule has 1 atom stereocenters. The molecule has 1 aromatic rings. The maximum absolute atomic E-state index is 5.87. The van der Waals surface area contributed by atoms with E-state index >= 15 is 0 Å². The Bertz CT molecular complexity index is 280. The maximum Gasteiger partial charge on any atom is 0.0840 e. The third kappa shape index (κ3) is 3.33. The lowest BCUT2D eigenvalue weighted by Gasteiger charge is -2.16. The van der Waals surface area contributed by atoms with E-state index in [2.05, 4.69) is 12.1 Å². The van der Waals surface area contributed by atoms with Gasteiger partial charge in [0.05, 0.1) is 19.3 Å². The number of rotatable bonds is 6. The van der Waals surface area contributed by atoms with Crippen LogP contribution >= 0.6 is 0 Å². The monoisotopic (exact) mass is 206 g/mol. The van der Waals surface area contributed by atoms with Gasteiger partial charge in [-0.1, -0.05) is 30.3 Å². The molecule has 1 saturated carbocycles. The van der Waals surface area contributed by atoms with Gasteiger partial charge in [0.2, 0.25) is 0 Å². The van der Waals surface area contributed by atoms with Gasteiger partial charge in [-0.15, -0.1) is 0 Å². The summed E-state index contributed by atoms with van der Waals surface area (Å²) in [5, 5.41) is 0. The zero-order valence-electron chi connectivity index (χ0n) is 9.19. The minimum atomic E-state index is 0.287. The summed E-state index contributed by atoms with van der Waals surface area (Å²) in [6, 6.07) is 10.3. The molecule has 0 bridgehead atoms. The fourth-order valence-electron chi connectivity index (χ4n) is 1.73. The van der Waals surface area contributed by atoms with E-state index in [4.69, 9.17) is 9.47 Å². The zero-order chi connectivity index (χ0) is 10.5. The van der Waals surface area contributed by atoms with E-state index in [9.17, 15) is 0 Å². The second kappa shape index (κ2) is 5.29. The first kappa shape index (κ1) is 10.7. The van der Waals surface area contributed by atoms with Gasteiger partial charge in [-0.3, -0.25) is 0 Å². The Kier molecular flexibility index (Phi) is 3.75. The molecule has 2 nitrogen and oxygen atoms in total. The Balaban J connectivity index is 1.80. The molecular formula is C13H18O2. The van der Waals surface area contributed by atoms with Gasteiger partial charge in [0.1, 0.15) is 0 Å². The molecular weight excluding hydrogens is 188 g/mol. The Labute approximate surface area is 91.2 Å². The van der Waals surface area contributed by atoms with Crippen molar-refractivity contribution in [3.05, 3.63) is 35.9 Å². The second-order valence-corrected chi connectivity index (χ2v) is 4.13. The van der Waals surface area contributed by atoms with Gasteiger partial charge in [0, 0.05) is 7.11 Å². The second-order valence-electron chi connectivity index (χ2n) is 4.13. The van der Waals surface area contributed by atoms with Crippen molar-refractivity contribution in [1.82, 2.24) is 0 Å². The van der Waals surface area contributed by atoms with E-state index in [0.29, 0.717) is 6.61 Å². The van der Waals surface area contributed by atoms with Crippen LogP contribution in [-0.4, -0.2) is 19.8 Å². The molecule has 1 aliphatic rings. The average molecular weight is 206 g/mol. The highest BCUT2D eigenvalue weighted by atomic mass is 16.5. The third-order valence-corrected chi connectivity index (χ3v) is 2.79. The topological polar surface area (TPSA) is 18.5 Å². The highest BCUT2D eigenvalue weighted by Gasteiger charge is 2.31. The molecule has 2 rings (SSSR count). The van der Waals surface area contributed by atoms with Crippen LogP contribution in [0.3, 0.4) is 0 Å². The lowest BCUT2D eigenvalue weighted by molar-refractivity contribution is -0.0233. The normalized spacial score (nSPS) is 17.7. The molecule has 0 spiro atoms. The lowest BCUT2D eigenvalue weighted by Crippen LogP contribution is -2.21. The Morgan fingerprint density at radius 1 is 1.27 bits per heavy atom. The summed E-state index contributed by atoms with van der Waals surface area (Å²) >= 11 is 0. The van der Waals surface area contributed by atoms with Crippen LogP contribution in [0.1, 0.15) is 18.4 Å². The molecule has 1 aliphatic carbocycles. The van der Waals surface area contributed by atoms with E-state index in [0.717, 1.165) is 12.5 Å². The quantitative estimate of drug-likeness (QED) is 0.712. The molecule has 0 heterocycles. The van der Waals surface area contributed by atoms with Crippen LogP contribution < -0.4 is 0 Å². The smallest absolute Gasteiger partial charge is 0.0840 e. The van der Waals surface area contributed by atoms with Gasteiger partial charge in [-0.25, -0.2) is 0 Å². The summed E-state index contributed by atoms with van der Waals surface area (Å²) in [5.41, 5.74) is 1.24. The molecule has 15 heavy (non-hydrogen) atoms. The molecule has 0 saturated heterocycles. The molecule has 82 valence electrons. The molecule has 0 aromatic heterocycles. The molecule has 0 amide bonds. The van der Waals surface area contributed by atoms with Crippen molar-refractivity contribution in [2.45, 2.75) is 25.6 Å². The van der Waals surface area contributed by atoms with Crippen LogP contribution in [0, 0.1) is 5.92 Å². The minimum absolute atomic E-state index is 0.287. The Hall–Kier alpha value is -0.860. The minimum Gasteiger partial charge on any atom is -0.382 e. The first-order chi connectivity index (χ1) is 7.40. The number of ether oxygens (including phenoxy) is 2. The molecule has 2 heteroatoms. The van der Waals surface area contributed by atoms with Crippen molar-refractivity contribution in [2.24, 2.45) is 5.92 Å². The van der Waals surface area contributed by atoms with Crippen molar-refractivity contribution in [3.63, 3.8) is 0 Å². The fourth-order valence-corrected chi connectivity index (χ4v) is 1.73. The maximum atomic E-state index is 5.87. The summed E-state index contributed by atoms with van der Waals surface area (Å²) in [5.74, 6) is 0.730. The lowest BCUT2D eigenvalue weighted by atomic mass is 10.2. The van der Waals surface area contributed by atoms with E-state index < -0.39 is 0 Å². The fraction of sp³-hybridized carbons (Fsp3) is 0.538. The summed E-state index contributed by atoms with van der Waals surface area (Å²) in [4.78, 5) is 0. The first-order valence-electron chi connectivity index (χ1n) is 5.54. The Morgan fingerprint density at radius 2 is 2.00 bits per heavy atom. The molecule has 1 unspecified atom stereocenters. The number of methoxy groups -OCH3 is 1. The van der Waals surface area contributed by atoms with E-state index in [1.54, 1.807) is 7.11 Å².